The zero-order valence-electron chi connectivity index (χ0n) is 21.5. The number of nitrogens with one attached hydrogen (secondary N) is 3. The van der Waals surface area contributed by atoms with Crippen LogP contribution in [0.1, 0.15) is 76.9 Å². The maximum atomic E-state index is 12.3. The molecule has 0 aliphatic carbocycles. The minimum Gasteiger partial charge on any atom is -0.483 e. The second kappa shape index (κ2) is 10.7. The summed E-state index contributed by atoms with van der Waals surface area (Å²) in [6.45, 7) is 16.1. The van der Waals surface area contributed by atoms with Crippen LogP contribution in [0.15, 0.2) is 42.5 Å². The van der Waals surface area contributed by atoms with E-state index in [0.717, 1.165) is 5.56 Å². The van der Waals surface area contributed by atoms with Gasteiger partial charge in [-0.05, 0) is 52.3 Å². The molecule has 0 radical (unpaired) electrons. The van der Waals surface area contributed by atoms with Gasteiger partial charge in [0.15, 0.2) is 6.61 Å². The molecule has 0 saturated carbocycles. The molecule has 34 heavy (non-hydrogen) atoms. The van der Waals surface area contributed by atoms with Crippen molar-refractivity contribution in [1.29, 1.82) is 0 Å². The number of rotatable bonds is 6. The van der Waals surface area contributed by atoms with E-state index in [1.54, 1.807) is 38.1 Å². The Balaban J connectivity index is 1.94. The third kappa shape index (κ3) is 7.61. The molecule has 7 nitrogen and oxygen atoms in total. The summed E-state index contributed by atoms with van der Waals surface area (Å²) in [5.74, 6) is -0.557. The molecule has 3 N–H and O–H groups in total. The van der Waals surface area contributed by atoms with Crippen molar-refractivity contribution in [3.8, 4) is 5.75 Å². The minimum absolute atomic E-state index is 0.00158. The Hall–Kier alpha value is -3.35. The van der Waals surface area contributed by atoms with Gasteiger partial charge < -0.3 is 10.1 Å². The Kier molecular flexibility index (Phi) is 8.48. The molecule has 2 rings (SSSR count). The van der Waals surface area contributed by atoms with Crippen LogP contribution in [-0.4, -0.2) is 24.3 Å². The van der Waals surface area contributed by atoms with Gasteiger partial charge >= 0.3 is 0 Å². The van der Waals surface area contributed by atoms with Crippen molar-refractivity contribution in [3.05, 3.63) is 59.2 Å². The Bertz CT molecular complexity index is 1030. The standard InChI is InChI=1S/C27H37N3O4/c1-17(2)24(32)28-20-12-9-18(10-13-20)25(33)30-29-23(31)16-34-22-14-11-19(26(3,4)5)15-21(22)27(6,7)8/h9-15,17H,16H2,1-8H3,(H,28,32)(H,29,31)(H,30,33). The van der Waals surface area contributed by atoms with Crippen LogP contribution in [0.5, 0.6) is 5.75 Å². The molecule has 0 spiro atoms. The molecule has 0 fully saturated rings. The molecule has 7 heteroatoms. The SMILES string of the molecule is CC(C)C(=O)Nc1ccc(C(=O)NNC(=O)COc2ccc(C(C)(C)C)cc2C(C)(C)C)cc1. The highest BCUT2D eigenvalue weighted by molar-refractivity contribution is 5.97. The summed E-state index contributed by atoms with van der Waals surface area (Å²) in [6.07, 6.45) is 0. The fraction of sp³-hybridized carbons (Fsp3) is 0.444. The number of carbonyl (C=O) groups is 3. The number of hydrogen-bond donors (Lipinski definition) is 3. The summed E-state index contributed by atoms with van der Waals surface area (Å²) in [4.78, 5) is 36.4. The van der Waals surface area contributed by atoms with Crippen molar-refractivity contribution < 1.29 is 19.1 Å². The average molecular weight is 468 g/mol. The largest absolute Gasteiger partial charge is 0.483 e. The van der Waals surface area contributed by atoms with Crippen LogP contribution in [0, 0.1) is 5.92 Å². The Morgan fingerprint density at radius 3 is 2.00 bits per heavy atom. The van der Waals surface area contributed by atoms with Crippen LogP contribution in [0.4, 0.5) is 5.69 Å². The monoisotopic (exact) mass is 467 g/mol. The van der Waals surface area contributed by atoms with E-state index >= 15 is 0 Å². The van der Waals surface area contributed by atoms with E-state index in [1.807, 2.05) is 12.1 Å². The maximum Gasteiger partial charge on any atom is 0.276 e. The number of hydrogen-bond acceptors (Lipinski definition) is 4. The normalized spacial score (nSPS) is 11.7. The van der Waals surface area contributed by atoms with Crippen LogP contribution in [0.2, 0.25) is 0 Å². The molecule has 2 aromatic rings. The fourth-order valence-corrected chi connectivity index (χ4v) is 3.08. The second-order valence-electron chi connectivity index (χ2n) is 10.7. The number of benzene rings is 2. The summed E-state index contributed by atoms with van der Waals surface area (Å²) < 4.78 is 5.80. The van der Waals surface area contributed by atoms with E-state index in [0.29, 0.717) is 17.0 Å². The summed E-state index contributed by atoms with van der Waals surface area (Å²) >= 11 is 0. The van der Waals surface area contributed by atoms with E-state index < -0.39 is 11.8 Å². The zero-order valence-corrected chi connectivity index (χ0v) is 21.5. The number of hydrazine groups is 1. The average Bonchev–Trinajstić information content (AvgIpc) is 2.75. The molecule has 0 saturated heterocycles. The molecule has 0 bridgehead atoms. The van der Waals surface area contributed by atoms with E-state index in [4.69, 9.17) is 4.74 Å². The number of amides is 3. The van der Waals surface area contributed by atoms with Crippen molar-refractivity contribution in [2.24, 2.45) is 5.92 Å². The van der Waals surface area contributed by atoms with Crippen molar-refractivity contribution >= 4 is 23.4 Å². The summed E-state index contributed by atoms with van der Waals surface area (Å²) in [5.41, 5.74) is 7.74. The molecule has 0 aliphatic rings. The van der Waals surface area contributed by atoms with Gasteiger partial charge in [0, 0.05) is 17.2 Å². The number of anilines is 1. The van der Waals surface area contributed by atoms with E-state index in [9.17, 15) is 14.4 Å². The highest BCUT2D eigenvalue weighted by Crippen LogP contribution is 2.35. The molecule has 0 heterocycles. The van der Waals surface area contributed by atoms with E-state index in [-0.39, 0.29) is 29.3 Å². The van der Waals surface area contributed by atoms with Gasteiger partial charge in [0.2, 0.25) is 5.91 Å². The lowest BCUT2D eigenvalue weighted by Crippen LogP contribution is -2.43. The molecule has 184 valence electrons. The molecular formula is C27H37N3O4. The Morgan fingerprint density at radius 1 is 0.853 bits per heavy atom. The lowest BCUT2D eigenvalue weighted by atomic mass is 9.80. The fourth-order valence-electron chi connectivity index (χ4n) is 3.08. The topological polar surface area (TPSA) is 96.5 Å². The lowest BCUT2D eigenvalue weighted by molar-refractivity contribution is -0.124. The molecule has 2 aromatic carbocycles. The lowest BCUT2D eigenvalue weighted by Gasteiger charge is -2.27. The van der Waals surface area contributed by atoms with Crippen LogP contribution in [0.25, 0.3) is 0 Å². The molecule has 0 atom stereocenters. The van der Waals surface area contributed by atoms with Crippen LogP contribution in [-0.2, 0) is 20.4 Å². The Morgan fingerprint density at radius 2 is 1.47 bits per heavy atom. The maximum absolute atomic E-state index is 12.3. The van der Waals surface area contributed by atoms with Gasteiger partial charge in [-0.1, -0.05) is 67.5 Å². The highest BCUT2D eigenvalue weighted by Gasteiger charge is 2.23. The van der Waals surface area contributed by atoms with Gasteiger partial charge in [0.05, 0.1) is 0 Å². The molecule has 0 unspecified atom stereocenters. The quantitative estimate of drug-likeness (QED) is 0.536. The third-order valence-corrected chi connectivity index (χ3v) is 5.27. The van der Waals surface area contributed by atoms with Gasteiger partial charge in [-0.15, -0.1) is 0 Å². The molecule has 0 aliphatic heterocycles. The van der Waals surface area contributed by atoms with Crippen molar-refractivity contribution in [2.45, 2.75) is 66.2 Å². The van der Waals surface area contributed by atoms with Crippen LogP contribution < -0.4 is 20.9 Å². The van der Waals surface area contributed by atoms with E-state index in [2.05, 4.69) is 63.8 Å². The van der Waals surface area contributed by atoms with Crippen LogP contribution >= 0.6 is 0 Å². The Labute approximate surface area is 202 Å². The number of ether oxygens (including phenoxy) is 1. The third-order valence-electron chi connectivity index (χ3n) is 5.27. The predicted octanol–water partition coefficient (Wildman–Crippen LogP) is 4.72. The zero-order chi connectivity index (χ0) is 25.7. The van der Waals surface area contributed by atoms with Gasteiger partial charge in [0.25, 0.3) is 11.8 Å². The van der Waals surface area contributed by atoms with E-state index in [1.165, 1.54) is 5.56 Å². The molecule has 0 aromatic heterocycles. The first-order chi connectivity index (χ1) is 15.7. The predicted molar refractivity (Wildman–Crippen MR) is 135 cm³/mol. The first-order valence-electron chi connectivity index (χ1n) is 11.5. The molecular weight excluding hydrogens is 430 g/mol. The summed E-state index contributed by atoms with van der Waals surface area (Å²) in [7, 11) is 0. The minimum atomic E-state index is -0.478. The smallest absolute Gasteiger partial charge is 0.276 e. The van der Waals surface area contributed by atoms with Gasteiger partial charge in [0.1, 0.15) is 5.75 Å². The molecule has 3 amide bonds. The second-order valence-corrected chi connectivity index (χ2v) is 10.7. The highest BCUT2D eigenvalue weighted by atomic mass is 16.5. The van der Waals surface area contributed by atoms with Crippen molar-refractivity contribution in [1.82, 2.24) is 10.9 Å². The van der Waals surface area contributed by atoms with Gasteiger partial charge in [-0.2, -0.15) is 0 Å². The van der Waals surface area contributed by atoms with Crippen molar-refractivity contribution in [2.75, 3.05) is 11.9 Å². The summed E-state index contributed by atoms with van der Waals surface area (Å²) in [6, 6.07) is 12.4. The number of carbonyl (C=O) groups excluding carboxylic acids is 3. The van der Waals surface area contributed by atoms with Crippen LogP contribution in [0.3, 0.4) is 0 Å². The van der Waals surface area contributed by atoms with Gasteiger partial charge in [-0.3, -0.25) is 25.2 Å². The van der Waals surface area contributed by atoms with Gasteiger partial charge in [-0.25, -0.2) is 0 Å². The first-order valence-corrected chi connectivity index (χ1v) is 11.5. The summed E-state index contributed by atoms with van der Waals surface area (Å²) in [5, 5.41) is 2.76. The first kappa shape index (κ1) is 26.9. The van der Waals surface area contributed by atoms with Crippen molar-refractivity contribution in [3.63, 3.8) is 0 Å².